The summed E-state index contributed by atoms with van der Waals surface area (Å²) >= 11 is 0. The van der Waals surface area contributed by atoms with Gasteiger partial charge in [-0.2, -0.15) is 0 Å². The Bertz CT molecular complexity index is 726. The third-order valence-electron chi connectivity index (χ3n) is 3.41. The van der Waals surface area contributed by atoms with E-state index in [0.29, 0.717) is 18.9 Å². The van der Waals surface area contributed by atoms with Crippen molar-refractivity contribution in [2.45, 2.75) is 25.4 Å². The predicted molar refractivity (Wildman–Crippen MR) is 76.9 cm³/mol. The molecule has 7 nitrogen and oxygen atoms in total. The van der Waals surface area contributed by atoms with E-state index in [1.54, 1.807) is 6.20 Å². The van der Waals surface area contributed by atoms with Crippen LogP contribution in [0, 0.1) is 0 Å². The third-order valence-corrected chi connectivity index (χ3v) is 4.19. The first-order chi connectivity index (χ1) is 10.0. The summed E-state index contributed by atoms with van der Waals surface area (Å²) in [6.45, 7) is 2.96. The first-order valence-electron chi connectivity index (χ1n) is 6.72. The molecule has 0 bridgehead atoms. The van der Waals surface area contributed by atoms with Crippen LogP contribution in [0.2, 0.25) is 0 Å². The SMILES string of the molecule is CS(=O)(=O)Cc1nnc2n1CCN(Cc1ccccn1)C2. The van der Waals surface area contributed by atoms with E-state index in [2.05, 4.69) is 20.1 Å². The van der Waals surface area contributed by atoms with Crippen LogP contribution in [0.3, 0.4) is 0 Å². The van der Waals surface area contributed by atoms with Crippen LogP contribution in [-0.4, -0.2) is 45.9 Å². The molecule has 0 spiro atoms. The Labute approximate surface area is 123 Å². The summed E-state index contributed by atoms with van der Waals surface area (Å²) in [6.07, 6.45) is 3.00. The molecule has 8 heteroatoms. The zero-order chi connectivity index (χ0) is 14.9. The van der Waals surface area contributed by atoms with Gasteiger partial charge in [0.1, 0.15) is 17.4 Å². The van der Waals surface area contributed by atoms with E-state index in [4.69, 9.17) is 0 Å². The van der Waals surface area contributed by atoms with E-state index in [9.17, 15) is 8.42 Å². The maximum absolute atomic E-state index is 11.4. The molecule has 0 aromatic carbocycles. The van der Waals surface area contributed by atoms with Crippen molar-refractivity contribution in [3.05, 3.63) is 41.7 Å². The van der Waals surface area contributed by atoms with Crippen LogP contribution in [0.5, 0.6) is 0 Å². The van der Waals surface area contributed by atoms with Crippen LogP contribution in [-0.2, 0) is 35.2 Å². The Morgan fingerprint density at radius 3 is 2.81 bits per heavy atom. The summed E-state index contributed by atoms with van der Waals surface area (Å²) in [6, 6.07) is 5.86. The lowest BCUT2D eigenvalue weighted by Crippen LogP contribution is -2.34. The number of aromatic nitrogens is 4. The van der Waals surface area contributed by atoms with E-state index >= 15 is 0 Å². The Morgan fingerprint density at radius 2 is 2.10 bits per heavy atom. The Hall–Kier alpha value is -1.80. The van der Waals surface area contributed by atoms with E-state index < -0.39 is 9.84 Å². The van der Waals surface area contributed by atoms with E-state index in [-0.39, 0.29) is 5.75 Å². The van der Waals surface area contributed by atoms with Crippen LogP contribution in [0.4, 0.5) is 0 Å². The van der Waals surface area contributed by atoms with Crippen LogP contribution in [0.25, 0.3) is 0 Å². The summed E-state index contributed by atoms with van der Waals surface area (Å²) in [5, 5.41) is 8.14. The van der Waals surface area contributed by atoms with Gasteiger partial charge >= 0.3 is 0 Å². The molecule has 2 aromatic heterocycles. The van der Waals surface area contributed by atoms with Gasteiger partial charge in [-0.15, -0.1) is 10.2 Å². The van der Waals surface area contributed by atoms with Crippen molar-refractivity contribution >= 4 is 9.84 Å². The molecular formula is C13H17N5O2S. The van der Waals surface area contributed by atoms with Crippen LogP contribution < -0.4 is 0 Å². The van der Waals surface area contributed by atoms with Crippen molar-refractivity contribution in [2.75, 3.05) is 12.8 Å². The Balaban J connectivity index is 1.72. The number of sulfone groups is 1. The smallest absolute Gasteiger partial charge is 0.154 e. The predicted octanol–water partition coefficient (Wildman–Crippen LogP) is 0.233. The van der Waals surface area contributed by atoms with Crippen molar-refractivity contribution in [2.24, 2.45) is 0 Å². The Morgan fingerprint density at radius 1 is 1.24 bits per heavy atom. The van der Waals surface area contributed by atoms with Crippen molar-refractivity contribution in [3.63, 3.8) is 0 Å². The van der Waals surface area contributed by atoms with Crippen molar-refractivity contribution in [3.8, 4) is 0 Å². The summed E-state index contributed by atoms with van der Waals surface area (Å²) in [5.74, 6) is 1.29. The molecule has 21 heavy (non-hydrogen) atoms. The van der Waals surface area contributed by atoms with Crippen molar-refractivity contribution < 1.29 is 8.42 Å². The molecule has 112 valence electrons. The molecule has 0 fully saturated rings. The molecule has 3 heterocycles. The van der Waals surface area contributed by atoms with E-state index in [0.717, 1.165) is 24.6 Å². The number of hydrogen-bond donors (Lipinski definition) is 0. The second kappa shape index (κ2) is 5.53. The number of pyridine rings is 1. The standard InChI is InChI=1S/C13H17N5O2S/c1-21(19,20)10-13-16-15-12-9-17(6-7-18(12)13)8-11-4-2-3-5-14-11/h2-5H,6-10H2,1H3. The summed E-state index contributed by atoms with van der Waals surface area (Å²) in [7, 11) is -3.09. The Kier molecular flexibility index (Phi) is 3.73. The monoisotopic (exact) mass is 307 g/mol. The molecule has 0 atom stereocenters. The maximum atomic E-state index is 11.4. The highest BCUT2D eigenvalue weighted by molar-refractivity contribution is 7.89. The molecule has 0 unspecified atom stereocenters. The zero-order valence-electron chi connectivity index (χ0n) is 11.8. The molecule has 0 saturated carbocycles. The molecule has 0 saturated heterocycles. The summed E-state index contributed by atoms with van der Waals surface area (Å²) in [4.78, 5) is 6.55. The van der Waals surface area contributed by atoms with Crippen molar-refractivity contribution in [1.29, 1.82) is 0 Å². The third kappa shape index (κ3) is 3.45. The molecule has 0 amide bonds. The number of rotatable bonds is 4. The van der Waals surface area contributed by atoms with Crippen LogP contribution >= 0.6 is 0 Å². The first-order valence-corrected chi connectivity index (χ1v) is 8.78. The minimum absolute atomic E-state index is 0.0553. The molecule has 2 aromatic rings. The molecule has 1 aliphatic rings. The second-order valence-electron chi connectivity index (χ2n) is 5.29. The van der Waals surface area contributed by atoms with Gasteiger partial charge in [-0.05, 0) is 12.1 Å². The van der Waals surface area contributed by atoms with Crippen LogP contribution in [0.1, 0.15) is 17.3 Å². The van der Waals surface area contributed by atoms with Gasteiger partial charge in [0.25, 0.3) is 0 Å². The van der Waals surface area contributed by atoms with Gasteiger partial charge in [-0.3, -0.25) is 9.88 Å². The normalized spacial score (nSPS) is 15.9. The van der Waals surface area contributed by atoms with Crippen molar-refractivity contribution in [1.82, 2.24) is 24.6 Å². The minimum atomic E-state index is -3.09. The van der Waals surface area contributed by atoms with Gasteiger partial charge in [0.05, 0.1) is 12.2 Å². The molecule has 0 aliphatic carbocycles. The van der Waals surface area contributed by atoms with Gasteiger partial charge in [-0.1, -0.05) is 6.07 Å². The minimum Gasteiger partial charge on any atom is -0.312 e. The first kappa shape index (κ1) is 14.2. The fraction of sp³-hybridized carbons (Fsp3) is 0.462. The average molecular weight is 307 g/mol. The highest BCUT2D eigenvalue weighted by Crippen LogP contribution is 2.15. The number of nitrogens with zero attached hydrogens (tertiary/aromatic N) is 5. The lowest BCUT2D eigenvalue weighted by Gasteiger charge is -2.27. The highest BCUT2D eigenvalue weighted by atomic mass is 32.2. The zero-order valence-corrected chi connectivity index (χ0v) is 12.6. The molecule has 0 radical (unpaired) electrons. The molecule has 1 aliphatic heterocycles. The fourth-order valence-corrected chi connectivity index (χ4v) is 3.15. The number of fused-ring (bicyclic) bond motifs is 1. The molecule has 3 rings (SSSR count). The van der Waals surface area contributed by atoms with Gasteiger partial charge in [0.15, 0.2) is 9.84 Å². The summed E-state index contributed by atoms with van der Waals surface area (Å²) < 4.78 is 24.7. The molecule has 0 N–H and O–H groups in total. The van der Waals surface area contributed by atoms with Gasteiger partial charge < -0.3 is 4.57 Å². The largest absolute Gasteiger partial charge is 0.312 e. The average Bonchev–Trinajstić information content (AvgIpc) is 2.80. The second-order valence-corrected chi connectivity index (χ2v) is 7.43. The molecular weight excluding hydrogens is 290 g/mol. The maximum Gasteiger partial charge on any atom is 0.154 e. The lowest BCUT2D eigenvalue weighted by atomic mass is 10.3. The van der Waals surface area contributed by atoms with E-state index in [1.807, 2.05) is 22.8 Å². The quantitative estimate of drug-likeness (QED) is 0.804. The lowest BCUT2D eigenvalue weighted by molar-refractivity contribution is 0.205. The van der Waals surface area contributed by atoms with E-state index in [1.165, 1.54) is 6.26 Å². The fourth-order valence-electron chi connectivity index (χ4n) is 2.46. The van der Waals surface area contributed by atoms with Crippen LogP contribution in [0.15, 0.2) is 24.4 Å². The van der Waals surface area contributed by atoms with Gasteiger partial charge in [0.2, 0.25) is 0 Å². The van der Waals surface area contributed by atoms with Gasteiger partial charge in [0, 0.05) is 32.1 Å². The highest BCUT2D eigenvalue weighted by Gasteiger charge is 2.22. The van der Waals surface area contributed by atoms with Gasteiger partial charge in [-0.25, -0.2) is 8.42 Å². The number of hydrogen-bond acceptors (Lipinski definition) is 6. The summed E-state index contributed by atoms with van der Waals surface area (Å²) in [5.41, 5.74) is 1.02. The topological polar surface area (TPSA) is 81.0 Å².